The molecule has 1 unspecified atom stereocenters. The molecule has 1 saturated heterocycles. The van der Waals surface area contributed by atoms with Crippen LogP contribution in [-0.2, 0) is 14.3 Å². The number of carbonyl (C=O) groups is 2. The van der Waals surface area contributed by atoms with Gasteiger partial charge >= 0.3 is 5.97 Å². The van der Waals surface area contributed by atoms with Crippen LogP contribution in [0.3, 0.4) is 0 Å². The molecule has 5 heteroatoms. The van der Waals surface area contributed by atoms with Crippen molar-refractivity contribution in [2.75, 3.05) is 33.8 Å². The number of nitrogens with zero attached hydrogens (tertiary/aromatic N) is 2. The van der Waals surface area contributed by atoms with Crippen LogP contribution in [-0.4, -0.2) is 61.5 Å². The van der Waals surface area contributed by atoms with Crippen molar-refractivity contribution < 1.29 is 14.3 Å². The molecule has 0 aromatic rings. The highest BCUT2D eigenvalue weighted by molar-refractivity contribution is 5.79. The Balaban J connectivity index is 1.77. The number of rotatable bonds is 4. The minimum absolute atomic E-state index is 0.0565. The minimum atomic E-state index is -0.157. The number of esters is 1. The van der Waals surface area contributed by atoms with Crippen molar-refractivity contribution >= 4 is 11.9 Å². The Kier molecular flexibility index (Phi) is 3.66. The molecular formula is C12H20N2O3. The molecule has 1 aliphatic heterocycles. The van der Waals surface area contributed by atoms with E-state index in [-0.39, 0.29) is 17.8 Å². The summed E-state index contributed by atoms with van der Waals surface area (Å²) in [4.78, 5) is 27.1. The molecule has 0 radical (unpaired) electrons. The van der Waals surface area contributed by atoms with E-state index in [1.807, 2.05) is 16.8 Å². The van der Waals surface area contributed by atoms with Gasteiger partial charge in [0.1, 0.15) is 0 Å². The summed E-state index contributed by atoms with van der Waals surface area (Å²) < 4.78 is 4.72. The number of likely N-dealkylation sites (N-methyl/N-ethyl adjacent to an activating group) is 1. The normalized spacial score (nSPS) is 24.7. The van der Waals surface area contributed by atoms with Gasteiger partial charge in [-0.05, 0) is 25.8 Å². The largest absolute Gasteiger partial charge is 0.469 e. The Morgan fingerprint density at radius 1 is 1.35 bits per heavy atom. The summed E-state index contributed by atoms with van der Waals surface area (Å²) in [6.45, 7) is 1.89. The molecule has 2 rings (SSSR count). The fourth-order valence-electron chi connectivity index (χ4n) is 2.30. The average Bonchev–Trinajstić information content (AvgIpc) is 3.08. The Morgan fingerprint density at radius 3 is 2.65 bits per heavy atom. The zero-order chi connectivity index (χ0) is 12.4. The van der Waals surface area contributed by atoms with E-state index in [1.165, 1.54) is 7.11 Å². The van der Waals surface area contributed by atoms with E-state index in [9.17, 15) is 9.59 Å². The molecule has 2 fully saturated rings. The number of amides is 1. The maximum Gasteiger partial charge on any atom is 0.310 e. The molecule has 2 aliphatic rings. The minimum Gasteiger partial charge on any atom is -0.469 e. The van der Waals surface area contributed by atoms with E-state index in [0.29, 0.717) is 19.1 Å². The number of likely N-dealkylation sites (tertiary alicyclic amines) is 1. The lowest BCUT2D eigenvalue weighted by Gasteiger charge is -2.21. The van der Waals surface area contributed by atoms with Crippen LogP contribution in [0.2, 0.25) is 0 Å². The number of methoxy groups -OCH3 is 1. The summed E-state index contributed by atoms with van der Waals surface area (Å²) in [7, 11) is 3.28. The molecule has 1 saturated carbocycles. The topological polar surface area (TPSA) is 49.9 Å². The van der Waals surface area contributed by atoms with Gasteiger partial charge in [-0.15, -0.1) is 0 Å². The van der Waals surface area contributed by atoms with Crippen molar-refractivity contribution in [3.8, 4) is 0 Å². The van der Waals surface area contributed by atoms with Crippen LogP contribution < -0.4 is 0 Å². The number of hydrogen-bond donors (Lipinski definition) is 0. The fourth-order valence-corrected chi connectivity index (χ4v) is 2.30. The lowest BCUT2D eigenvalue weighted by atomic mass is 10.1. The third kappa shape index (κ3) is 2.97. The lowest BCUT2D eigenvalue weighted by Crippen LogP contribution is -2.38. The molecule has 1 atom stereocenters. The van der Waals surface area contributed by atoms with Gasteiger partial charge in [-0.1, -0.05) is 0 Å². The van der Waals surface area contributed by atoms with Gasteiger partial charge in [0.2, 0.25) is 5.91 Å². The molecular weight excluding hydrogens is 220 g/mol. The van der Waals surface area contributed by atoms with Crippen LogP contribution in [0.15, 0.2) is 0 Å². The van der Waals surface area contributed by atoms with Gasteiger partial charge in [0, 0.05) is 19.6 Å². The standard InChI is InChI=1S/C12H20N2O3/c1-13(10-3-4-10)11(15)8-14-6-5-9(7-14)12(16)17-2/h9-10H,3-8H2,1-2H3. The second kappa shape index (κ2) is 5.04. The summed E-state index contributed by atoms with van der Waals surface area (Å²) in [6.07, 6.45) is 3.06. The van der Waals surface area contributed by atoms with E-state index in [0.717, 1.165) is 25.8 Å². The van der Waals surface area contributed by atoms with Crippen LogP contribution in [0, 0.1) is 5.92 Å². The number of ether oxygens (including phenoxy) is 1. The van der Waals surface area contributed by atoms with Crippen molar-refractivity contribution in [3.63, 3.8) is 0 Å². The zero-order valence-electron chi connectivity index (χ0n) is 10.5. The van der Waals surface area contributed by atoms with Gasteiger partial charge in [0.25, 0.3) is 0 Å². The SMILES string of the molecule is COC(=O)C1CCN(CC(=O)N(C)C2CC2)C1. The van der Waals surface area contributed by atoms with Crippen molar-refractivity contribution in [2.45, 2.75) is 25.3 Å². The summed E-state index contributed by atoms with van der Waals surface area (Å²) in [5.74, 6) is -0.0486. The maximum atomic E-state index is 11.9. The first kappa shape index (κ1) is 12.4. The average molecular weight is 240 g/mol. The molecule has 0 aromatic carbocycles. The second-order valence-electron chi connectivity index (χ2n) is 4.98. The van der Waals surface area contributed by atoms with Crippen LogP contribution >= 0.6 is 0 Å². The summed E-state index contributed by atoms with van der Waals surface area (Å²) >= 11 is 0. The van der Waals surface area contributed by atoms with Gasteiger partial charge in [-0.3, -0.25) is 14.5 Å². The van der Waals surface area contributed by atoms with Crippen LogP contribution in [0.1, 0.15) is 19.3 Å². The monoisotopic (exact) mass is 240 g/mol. The highest BCUT2D eigenvalue weighted by Gasteiger charge is 2.33. The Morgan fingerprint density at radius 2 is 2.06 bits per heavy atom. The van der Waals surface area contributed by atoms with Gasteiger partial charge in [-0.25, -0.2) is 0 Å². The lowest BCUT2D eigenvalue weighted by molar-refractivity contribution is -0.145. The second-order valence-corrected chi connectivity index (χ2v) is 4.98. The molecule has 1 aliphatic carbocycles. The van der Waals surface area contributed by atoms with E-state index in [4.69, 9.17) is 4.74 Å². The zero-order valence-corrected chi connectivity index (χ0v) is 10.5. The first-order chi connectivity index (χ1) is 8.11. The third-order valence-electron chi connectivity index (χ3n) is 3.65. The van der Waals surface area contributed by atoms with Crippen LogP contribution in [0.4, 0.5) is 0 Å². The van der Waals surface area contributed by atoms with E-state index >= 15 is 0 Å². The van der Waals surface area contributed by atoms with Crippen molar-refractivity contribution in [1.29, 1.82) is 0 Å². The molecule has 0 N–H and O–H groups in total. The smallest absolute Gasteiger partial charge is 0.310 e. The van der Waals surface area contributed by atoms with Crippen molar-refractivity contribution in [2.24, 2.45) is 5.92 Å². The Labute approximate surface area is 102 Å². The maximum absolute atomic E-state index is 11.9. The highest BCUT2D eigenvalue weighted by Crippen LogP contribution is 2.26. The van der Waals surface area contributed by atoms with Gasteiger partial charge < -0.3 is 9.64 Å². The van der Waals surface area contributed by atoms with E-state index in [1.54, 1.807) is 0 Å². The first-order valence-corrected chi connectivity index (χ1v) is 6.17. The quantitative estimate of drug-likeness (QED) is 0.654. The number of hydrogen-bond acceptors (Lipinski definition) is 4. The molecule has 1 heterocycles. The van der Waals surface area contributed by atoms with Gasteiger partial charge in [-0.2, -0.15) is 0 Å². The van der Waals surface area contributed by atoms with Gasteiger partial charge in [0.15, 0.2) is 0 Å². The molecule has 0 bridgehead atoms. The predicted molar refractivity (Wildman–Crippen MR) is 62.4 cm³/mol. The molecule has 17 heavy (non-hydrogen) atoms. The summed E-state index contributed by atoms with van der Waals surface area (Å²) in [6, 6.07) is 0.460. The van der Waals surface area contributed by atoms with Crippen molar-refractivity contribution in [3.05, 3.63) is 0 Å². The Bertz CT molecular complexity index is 315. The molecule has 0 spiro atoms. The molecule has 5 nitrogen and oxygen atoms in total. The number of carbonyl (C=O) groups excluding carboxylic acids is 2. The van der Waals surface area contributed by atoms with Crippen molar-refractivity contribution in [1.82, 2.24) is 9.80 Å². The molecule has 1 amide bonds. The molecule has 96 valence electrons. The van der Waals surface area contributed by atoms with Crippen LogP contribution in [0.5, 0.6) is 0 Å². The fraction of sp³-hybridized carbons (Fsp3) is 0.833. The van der Waals surface area contributed by atoms with E-state index in [2.05, 4.69) is 0 Å². The predicted octanol–water partition coefficient (Wildman–Crippen LogP) is 0.102. The van der Waals surface area contributed by atoms with Gasteiger partial charge in [0.05, 0.1) is 19.6 Å². The third-order valence-corrected chi connectivity index (χ3v) is 3.65. The molecule has 0 aromatic heterocycles. The Hall–Kier alpha value is -1.10. The first-order valence-electron chi connectivity index (χ1n) is 6.17. The van der Waals surface area contributed by atoms with E-state index < -0.39 is 0 Å². The summed E-state index contributed by atoms with van der Waals surface area (Å²) in [5, 5.41) is 0. The summed E-state index contributed by atoms with van der Waals surface area (Å²) in [5.41, 5.74) is 0. The van der Waals surface area contributed by atoms with Crippen LogP contribution in [0.25, 0.3) is 0 Å². The highest BCUT2D eigenvalue weighted by atomic mass is 16.5.